The second kappa shape index (κ2) is 4.73. The fraction of sp³-hybridized carbons (Fsp3) is 0.333. The first-order valence-electron chi connectivity index (χ1n) is 5.11. The maximum atomic E-state index is 11.6. The normalized spacial score (nSPS) is 9.60. The molecule has 0 spiro atoms. The van der Waals surface area contributed by atoms with Crippen molar-refractivity contribution in [3.63, 3.8) is 0 Å². The Hall–Kier alpha value is -1.64. The summed E-state index contributed by atoms with van der Waals surface area (Å²) in [5, 5.41) is 5.57. The molecule has 80 valence electrons. The zero-order valence-corrected chi connectivity index (χ0v) is 9.61. The van der Waals surface area contributed by atoms with E-state index in [0.717, 1.165) is 16.3 Å². The first-order valence-corrected chi connectivity index (χ1v) is 5.11. The standard InChI is InChI=1S/C10H10N2O.C2H6/c1-7-3-4-8-6-11-12(2)10(13)9(8)5-7;1-2/h3-6H,1-2H3;1-2H3. The SMILES string of the molecule is CC.Cc1ccc2cnn(C)c(=O)c2c1. The van der Waals surface area contributed by atoms with Crippen molar-refractivity contribution < 1.29 is 0 Å². The van der Waals surface area contributed by atoms with Gasteiger partial charge in [-0.1, -0.05) is 31.5 Å². The summed E-state index contributed by atoms with van der Waals surface area (Å²) in [6.45, 7) is 5.97. The molecular weight excluding hydrogens is 188 g/mol. The van der Waals surface area contributed by atoms with Crippen molar-refractivity contribution in [3.05, 3.63) is 40.3 Å². The summed E-state index contributed by atoms with van der Waals surface area (Å²) in [7, 11) is 1.66. The van der Waals surface area contributed by atoms with Crippen LogP contribution < -0.4 is 5.56 Å². The van der Waals surface area contributed by atoms with Crippen molar-refractivity contribution in [2.45, 2.75) is 20.8 Å². The van der Waals surface area contributed by atoms with E-state index >= 15 is 0 Å². The van der Waals surface area contributed by atoms with Crippen LogP contribution in [-0.4, -0.2) is 9.78 Å². The summed E-state index contributed by atoms with van der Waals surface area (Å²) in [6, 6.07) is 5.78. The van der Waals surface area contributed by atoms with Gasteiger partial charge in [0.15, 0.2) is 0 Å². The zero-order valence-electron chi connectivity index (χ0n) is 9.61. The highest BCUT2D eigenvalue weighted by molar-refractivity contribution is 5.81. The molecule has 15 heavy (non-hydrogen) atoms. The van der Waals surface area contributed by atoms with E-state index in [1.54, 1.807) is 13.2 Å². The minimum Gasteiger partial charge on any atom is -0.267 e. The van der Waals surface area contributed by atoms with Gasteiger partial charge in [-0.05, 0) is 13.0 Å². The molecule has 2 aromatic rings. The first kappa shape index (κ1) is 11.4. The van der Waals surface area contributed by atoms with Crippen LogP contribution in [0, 0.1) is 6.92 Å². The highest BCUT2D eigenvalue weighted by atomic mass is 16.1. The van der Waals surface area contributed by atoms with Crippen molar-refractivity contribution in [2.75, 3.05) is 0 Å². The number of aromatic nitrogens is 2. The Kier molecular flexibility index (Phi) is 3.61. The fourth-order valence-corrected chi connectivity index (χ4v) is 1.34. The third-order valence-corrected chi connectivity index (χ3v) is 2.10. The number of hydrogen-bond acceptors (Lipinski definition) is 2. The third kappa shape index (κ3) is 2.24. The van der Waals surface area contributed by atoms with E-state index in [1.165, 1.54) is 4.68 Å². The molecule has 0 amide bonds. The number of hydrogen-bond donors (Lipinski definition) is 0. The molecule has 0 unspecified atom stereocenters. The highest BCUT2D eigenvalue weighted by Gasteiger charge is 2.00. The van der Waals surface area contributed by atoms with Gasteiger partial charge in [0.25, 0.3) is 5.56 Å². The lowest BCUT2D eigenvalue weighted by Gasteiger charge is -2.00. The zero-order chi connectivity index (χ0) is 11.4. The molecule has 0 atom stereocenters. The van der Waals surface area contributed by atoms with Gasteiger partial charge in [0, 0.05) is 12.4 Å². The minimum atomic E-state index is -0.0406. The molecular formula is C12H16N2O. The smallest absolute Gasteiger partial charge is 0.267 e. The second-order valence-electron chi connectivity index (χ2n) is 3.16. The van der Waals surface area contributed by atoms with Crippen LogP contribution in [0.25, 0.3) is 10.8 Å². The van der Waals surface area contributed by atoms with E-state index < -0.39 is 0 Å². The topological polar surface area (TPSA) is 34.9 Å². The van der Waals surface area contributed by atoms with E-state index in [4.69, 9.17) is 0 Å². The van der Waals surface area contributed by atoms with Gasteiger partial charge in [-0.3, -0.25) is 4.79 Å². The van der Waals surface area contributed by atoms with E-state index in [2.05, 4.69) is 5.10 Å². The van der Waals surface area contributed by atoms with Crippen molar-refractivity contribution >= 4 is 10.8 Å². The molecule has 0 aliphatic rings. The Labute approximate surface area is 89.4 Å². The monoisotopic (exact) mass is 204 g/mol. The summed E-state index contributed by atoms with van der Waals surface area (Å²) in [5.41, 5.74) is 1.05. The van der Waals surface area contributed by atoms with Gasteiger partial charge in [0.2, 0.25) is 0 Å². The second-order valence-corrected chi connectivity index (χ2v) is 3.16. The molecule has 0 saturated heterocycles. The number of fused-ring (bicyclic) bond motifs is 1. The Morgan fingerprint density at radius 2 is 1.93 bits per heavy atom. The number of nitrogens with zero attached hydrogens (tertiary/aromatic N) is 2. The predicted molar refractivity (Wildman–Crippen MR) is 63.1 cm³/mol. The fourth-order valence-electron chi connectivity index (χ4n) is 1.34. The number of rotatable bonds is 0. The molecule has 0 radical (unpaired) electrons. The minimum absolute atomic E-state index is 0.0406. The van der Waals surface area contributed by atoms with Gasteiger partial charge >= 0.3 is 0 Å². The first-order chi connectivity index (χ1) is 7.18. The lowest BCUT2D eigenvalue weighted by Crippen LogP contribution is -2.18. The van der Waals surface area contributed by atoms with Crippen LogP contribution in [0.15, 0.2) is 29.2 Å². The molecule has 3 heteroatoms. The van der Waals surface area contributed by atoms with Crippen LogP contribution in [0.1, 0.15) is 19.4 Å². The van der Waals surface area contributed by atoms with Gasteiger partial charge < -0.3 is 0 Å². The molecule has 0 aliphatic heterocycles. The van der Waals surface area contributed by atoms with E-state index in [1.807, 2.05) is 39.0 Å². The van der Waals surface area contributed by atoms with Crippen molar-refractivity contribution in [3.8, 4) is 0 Å². The molecule has 1 aromatic heterocycles. The predicted octanol–water partition coefficient (Wildman–Crippen LogP) is 2.27. The number of aryl methyl sites for hydroxylation is 2. The molecule has 0 N–H and O–H groups in total. The summed E-state index contributed by atoms with van der Waals surface area (Å²) < 4.78 is 1.35. The van der Waals surface area contributed by atoms with Gasteiger partial charge in [-0.25, -0.2) is 4.68 Å². The molecule has 0 bridgehead atoms. The molecule has 2 rings (SSSR count). The molecule has 0 aliphatic carbocycles. The van der Waals surface area contributed by atoms with Crippen molar-refractivity contribution in [1.29, 1.82) is 0 Å². The van der Waals surface area contributed by atoms with Crippen LogP contribution in [0.2, 0.25) is 0 Å². The number of benzene rings is 1. The third-order valence-electron chi connectivity index (χ3n) is 2.10. The maximum Gasteiger partial charge on any atom is 0.274 e. The Morgan fingerprint density at radius 1 is 1.27 bits per heavy atom. The van der Waals surface area contributed by atoms with E-state index in [-0.39, 0.29) is 5.56 Å². The van der Waals surface area contributed by atoms with Crippen molar-refractivity contribution in [2.24, 2.45) is 7.05 Å². The Morgan fingerprint density at radius 3 is 2.60 bits per heavy atom. The molecule has 0 fully saturated rings. The summed E-state index contributed by atoms with van der Waals surface area (Å²) in [4.78, 5) is 11.6. The Balaban J connectivity index is 0.000000531. The summed E-state index contributed by atoms with van der Waals surface area (Å²) >= 11 is 0. The summed E-state index contributed by atoms with van der Waals surface area (Å²) in [5.74, 6) is 0. The van der Waals surface area contributed by atoms with Gasteiger partial charge in [0.05, 0.1) is 11.6 Å². The van der Waals surface area contributed by atoms with Crippen LogP contribution in [0.5, 0.6) is 0 Å². The maximum absolute atomic E-state index is 11.6. The average Bonchev–Trinajstić information content (AvgIpc) is 2.27. The van der Waals surface area contributed by atoms with Crippen LogP contribution in [-0.2, 0) is 7.05 Å². The molecule has 0 saturated carbocycles. The van der Waals surface area contributed by atoms with Crippen LogP contribution >= 0.6 is 0 Å². The summed E-state index contributed by atoms with van der Waals surface area (Å²) in [6.07, 6.45) is 1.70. The molecule has 3 nitrogen and oxygen atoms in total. The van der Waals surface area contributed by atoms with Gasteiger partial charge in [-0.15, -0.1) is 0 Å². The highest BCUT2D eigenvalue weighted by Crippen LogP contribution is 2.09. The van der Waals surface area contributed by atoms with Crippen molar-refractivity contribution in [1.82, 2.24) is 9.78 Å². The van der Waals surface area contributed by atoms with E-state index in [0.29, 0.717) is 0 Å². The quantitative estimate of drug-likeness (QED) is 0.659. The van der Waals surface area contributed by atoms with E-state index in [9.17, 15) is 4.79 Å². The van der Waals surface area contributed by atoms with Gasteiger partial charge in [-0.2, -0.15) is 5.10 Å². The largest absolute Gasteiger partial charge is 0.274 e. The molecule has 1 heterocycles. The Bertz CT molecular complexity index is 509. The molecule has 1 aromatic carbocycles. The lowest BCUT2D eigenvalue weighted by molar-refractivity contribution is 0.718. The van der Waals surface area contributed by atoms with Gasteiger partial charge in [0.1, 0.15) is 0 Å². The van der Waals surface area contributed by atoms with Crippen LogP contribution in [0.3, 0.4) is 0 Å². The van der Waals surface area contributed by atoms with Crippen LogP contribution in [0.4, 0.5) is 0 Å². The lowest BCUT2D eigenvalue weighted by atomic mass is 10.1. The average molecular weight is 204 g/mol.